The van der Waals surface area contributed by atoms with E-state index in [4.69, 9.17) is 4.74 Å². The molecular weight excluding hydrogens is 436 g/mol. The fraction of sp³-hybridized carbons (Fsp3) is 0.160. The first kappa shape index (κ1) is 25.7. The highest BCUT2D eigenvalue weighted by Crippen LogP contribution is 2.37. The van der Waals surface area contributed by atoms with E-state index in [-0.39, 0.29) is 18.0 Å². The maximum absolute atomic E-state index is 12.2. The molecule has 0 heterocycles. The smallest absolute Gasteiger partial charge is 0.271 e. The van der Waals surface area contributed by atoms with Crippen molar-refractivity contribution in [2.75, 3.05) is 32.6 Å². The Balaban J connectivity index is 2.46. The van der Waals surface area contributed by atoms with Crippen LogP contribution < -0.4 is 15.0 Å². The zero-order chi connectivity index (χ0) is 25.3. The predicted molar refractivity (Wildman–Crippen MR) is 132 cm³/mol. The topological polar surface area (TPSA) is 108 Å². The Morgan fingerprint density at radius 1 is 1.12 bits per heavy atom. The van der Waals surface area contributed by atoms with Gasteiger partial charge in [-0.3, -0.25) is 19.2 Å². The first-order chi connectivity index (χ1) is 16.2. The summed E-state index contributed by atoms with van der Waals surface area (Å²) in [6.45, 7) is 7.02. The third kappa shape index (κ3) is 6.26. The first-order valence-corrected chi connectivity index (χ1v) is 10.1. The predicted octanol–water partition coefficient (Wildman–Crippen LogP) is 2.74. The van der Waals surface area contributed by atoms with Crippen LogP contribution in [0.1, 0.15) is 10.4 Å². The van der Waals surface area contributed by atoms with Gasteiger partial charge in [-0.2, -0.15) is 0 Å². The number of para-hydroxylation sites is 1. The summed E-state index contributed by atoms with van der Waals surface area (Å²) < 4.78 is 5.50. The largest absolute Gasteiger partial charge is 0.484 e. The summed E-state index contributed by atoms with van der Waals surface area (Å²) in [4.78, 5) is 52.9. The summed E-state index contributed by atoms with van der Waals surface area (Å²) >= 11 is 0. The Morgan fingerprint density at radius 3 is 2.47 bits per heavy atom. The van der Waals surface area contributed by atoms with Crippen molar-refractivity contribution in [1.82, 2.24) is 10.2 Å². The van der Waals surface area contributed by atoms with Crippen LogP contribution in [0.15, 0.2) is 65.9 Å². The summed E-state index contributed by atoms with van der Waals surface area (Å²) in [7, 11) is 5.25. The van der Waals surface area contributed by atoms with E-state index in [2.05, 4.69) is 23.5 Å². The first-order valence-electron chi connectivity index (χ1n) is 10.1. The van der Waals surface area contributed by atoms with Gasteiger partial charge in [0.2, 0.25) is 0 Å². The number of carbonyl (C=O) groups is 4. The fourth-order valence-corrected chi connectivity index (χ4v) is 2.94. The number of ether oxygens (including phenoxy) is 1. The third-order valence-electron chi connectivity index (χ3n) is 4.72. The lowest BCUT2D eigenvalue weighted by atomic mass is 9.99. The molecule has 0 atom stereocenters. The molecule has 0 radical (unpaired) electrons. The number of nitrogens with one attached hydrogen (secondary N) is 1. The van der Waals surface area contributed by atoms with Crippen LogP contribution >= 0.6 is 0 Å². The Bertz CT molecular complexity index is 1150. The van der Waals surface area contributed by atoms with Crippen LogP contribution in [0.2, 0.25) is 0 Å². The van der Waals surface area contributed by atoms with Gasteiger partial charge < -0.3 is 19.9 Å². The maximum atomic E-state index is 12.2. The second-order valence-corrected chi connectivity index (χ2v) is 7.32. The van der Waals surface area contributed by atoms with Gasteiger partial charge in [0, 0.05) is 32.3 Å². The van der Waals surface area contributed by atoms with Crippen LogP contribution in [0.5, 0.6) is 5.75 Å². The lowest BCUT2D eigenvalue weighted by Crippen LogP contribution is -2.31. The molecule has 2 aromatic carbocycles. The Labute approximate surface area is 198 Å². The minimum atomic E-state index is -0.614. The fourth-order valence-electron chi connectivity index (χ4n) is 2.94. The lowest BCUT2D eigenvalue weighted by Gasteiger charge is -2.19. The number of hydrogen-bond acceptors (Lipinski definition) is 7. The molecule has 0 aliphatic heterocycles. The number of anilines is 1. The molecular formula is C25H26N4O5. The van der Waals surface area contributed by atoms with Gasteiger partial charge in [-0.05, 0) is 23.8 Å². The molecule has 0 saturated heterocycles. The number of allylic oxidation sites excluding steroid dienone is 1. The van der Waals surface area contributed by atoms with Crippen molar-refractivity contribution in [1.29, 1.82) is 0 Å². The van der Waals surface area contributed by atoms with Gasteiger partial charge in [-0.1, -0.05) is 31.4 Å². The molecule has 0 saturated carbocycles. The van der Waals surface area contributed by atoms with Gasteiger partial charge >= 0.3 is 0 Å². The van der Waals surface area contributed by atoms with Crippen LogP contribution in [-0.4, -0.2) is 63.8 Å². The molecule has 0 fully saturated rings. The number of benzene rings is 2. The summed E-state index contributed by atoms with van der Waals surface area (Å²) in [5.74, 6) is -0.0760. The molecule has 0 bridgehead atoms. The SMILES string of the molecule is C=C(C=O)NC(=O)C(=C)N(C)C=Nc1c(C=O)cccc1-c1ccc(OCC=O)c(N(C)C)c1. The standard InChI is InChI=1S/C25H26N4O5/c1-17(14-31)27-25(33)18(2)29(5)16-26-24-20(15-32)7-6-8-21(24)19-9-10-23(34-12-11-30)22(13-19)28(3)4/h6-11,13-16H,1-2,12H2,3-5H3,(H,27,33). The van der Waals surface area contributed by atoms with Crippen molar-refractivity contribution < 1.29 is 23.9 Å². The van der Waals surface area contributed by atoms with Gasteiger partial charge in [0.05, 0.1) is 23.4 Å². The molecule has 2 rings (SSSR count). The summed E-state index contributed by atoms with van der Waals surface area (Å²) in [5, 5.41) is 2.31. The van der Waals surface area contributed by atoms with E-state index in [1.54, 1.807) is 31.3 Å². The normalized spacial score (nSPS) is 10.3. The average Bonchev–Trinajstić information content (AvgIpc) is 2.84. The number of amides is 1. The van der Waals surface area contributed by atoms with Crippen molar-refractivity contribution in [2.45, 2.75) is 0 Å². The van der Waals surface area contributed by atoms with Crippen molar-refractivity contribution >= 4 is 42.5 Å². The van der Waals surface area contributed by atoms with Crippen LogP contribution in [0.3, 0.4) is 0 Å². The number of likely N-dealkylation sites (N-methyl/N-ethyl adjacent to an activating group) is 1. The van der Waals surface area contributed by atoms with E-state index in [1.807, 2.05) is 31.1 Å². The number of aldehydes is 3. The van der Waals surface area contributed by atoms with Crippen molar-refractivity contribution in [3.8, 4) is 16.9 Å². The highest BCUT2D eigenvalue weighted by molar-refractivity contribution is 5.99. The third-order valence-corrected chi connectivity index (χ3v) is 4.72. The van der Waals surface area contributed by atoms with E-state index in [0.29, 0.717) is 41.4 Å². The molecule has 0 aromatic heterocycles. The average molecular weight is 463 g/mol. The van der Waals surface area contributed by atoms with Gasteiger partial charge in [0.25, 0.3) is 5.91 Å². The zero-order valence-electron chi connectivity index (χ0n) is 19.3. The van der Waals surface area contributed by atoms with Gasteiger partial charge in [0.1, 0.15) is 18.1 Å². The molecule has 176 valence electrons. The second kappa shape index (κ2) is 11.9. The van der Waals surface area contributed by atoms with Gasteiger partial charge in [-0.15, -0.1) is 0 Å². The molecule has 9 heteroatoms. The van der Waals surface area contributed by atoms with Gasteiger partial charge in [0.15, 0.2) is 18.9 Å². The van der Waals surface area contributed by atoms with Crippen LogP contribution in [0.25, 0.3) is 11.1 Å². The van der Waals surface area contributed by atoms with E-state index in [1.165, 1.54) is 11.2 Å². The monoisotopic (exact) mass is 462 g/mol. The molecule has 9 nitrogen and oxygen atoms in total. The van der Waals surface area contributed by atoms with Crippen LogP contribution in [0.4, 0.5) is 11.4 Å². The number of nitrogens with zero attached hydrogens (tertiary/aromatic N) is 3. The van der Waals surface area contributed by atoms with Crippen molar-refractivity contribution in [2.24, 2.45) is 4.99 Å². The molecule has 1 amide bonds. The van der Waals surface area contributed by atoms with Gasteiger partial charge in [-0.25, -0.2) is 4.99 Å². The summed E-state index contributed by atoms with van der Waals surface area (Å²) in [5.41, 5.74) is 2.83. The highest BCUT2D eigenvalue weighted by atomic mass is 16.5. The Kier molecular flexibility index (Phi) is 9.01. The molecule has 2 aromatic rings. The molecule has 0 aliphatic rings. The van der Waals surface area contributed by atoms with E-state index < -0.39 is 5.91 Å². The number of rotatable bonds is 12. The van der Waals surface area contributed by atoms with Crippen molar-refractivity contribution in [3.05, 3.63) is 66.5 Å². The molecule has 34 heavy (non-hydrogen) atoms. The highest BCUT2D eigenvalue weighted by Gasteiger charge is 2.15. The van der Waals surface area contributed by atoms with Crippen molar-refractivity contribution in [3.63, 3.8) is 0 Å². The van der Waals surface area contributed by atoms with E-state index >= 15 is 0 Å². The number of carbonyl (C=O) groups excluding carboxylic acids is 4. The van der Waals surface area contributed by atoms with E-state index in [0.717, 1.165) is 11.3 Å². The zero-order valence-corrected chi connectivity index (χ0v) is 19.3. The second-order valence-electron chi connectivity index (χ2n) is 7.32. The minimum Gasteiger partial charge on any atom is -0.484 e. The molecule has 1 N–H and O–H groups in total. The molecule has 0 unspecified atom stereocenters. The summed E-state index contributed by atoms with van der Waals surface area (Å²) in [6, 6.07) is 10.6. The van der Waals surface area contributed by atoms with E-state index in [9.17, 15) is 19.2 Å². The van der Waals surface area contributed by atoms with Crippen LogP contribution in [-0.2, 0) is 14.4 Å². The molecule has 0 aliphatic carbocycles. The molecule has 0 spiro atoms. The lowest BCUT2D eigenvalue weighted by molar-refractivity contribution is -0.118. The number of aliphatic imine (C=N–C) groups is 1. The Morgan fingerprint density at radius 2 is 1.85 bits per heavy atom. The number of hydrogen-bond donors (Lipinski definition) is 1. The van der Waals surface area contributed by atoms with Crippen LogP contribution in [0, 0.1) is 0 Å². The quantitative estimate of drug-likeness (QED) is 0.224. The summed E-state index contributed by atoms with van der Waals surface area (Å²) in [6.07, 6.45) is 3.14. The Hall–Kier alpha value is -4.53. The minimum absolute atomic E-state index is 0.0171. The maximum Gasteiger partial charge on any atom is 0.271 e.